The molecule has 1 amide bonds. The number of carbonyl (C=O) groups is 1. The zero-order chi connectivity index (χ0) is 20.8. The van der Waals surface area contributed by atoms with Gasteiger partial charge in [0.2, 0.25) is 0 Å². The van der Waals surface area contributed by atoms with Crippen LogP contribution in [0, 0.1) is 6.92 Å². The average molecular weight is 390 g/mol. The minimum Gasteiger partial charge on any atom is -0.489 e. The van der Waals surface area contributed by atoms with Gasteiger partial charge in [-0.1, -0.05) is 38.1 Å². The first-order valence-electron chi connectivity index (χ1n) is 9.65. The fraction of sp³-hybridized carbons (Fsp3) is 0.250. The lowest BCUT2D eigenvalue weighted by Gasteiger charge is -2.15. The van der Waals surface area contributed by atoms with Gasteiger partial charge in [0.1, 0.15) is 23.8 Å². The number of nitrogens with one attached hydrogen (secondary N) is 1. The van der Waals surface area contributed by atoms with Crippen LogP contribution in [-0.2, 0) is 6.61 Å². The van der Waals surface area contributed by atoms with E-state index in [1.165, 1.54) is 11.1 Å². The number of ether oxygens (including phenoxy) is 1. The van der Waals surface area contributed by atoms with Crippen LogP contribution in [0.2, 0.25) is 0 Å². The molecule has 5 nitrogen and oxygen atoms in total. The molecular weight excluding hydrogens is 364 g/mol. The Morgan fingerprint density at radius 2 is 1.90 bits per heavy atom. The standard InChI is InChI=1S/C24H26N2O3/c1-16(2)21-12-7-17(3)14-23(21)29-15-19-8-10-20(11-9-19)24(27)26-25-18(4)22-6-5-13-28-22/h5-14,16H,15H2,1-4H3,(H,26,27). The van der Waals surface area contributed by atoms with Crippen LogP contribution in [0.5, 0.6) is 5.75 Å². The number of hydrazone groups is 1. The summed E-state index contributed by atoms with van der Waals surface area (Å²) in [6, 6.07) is 17.2. The van der Waals surface area contributed by atoms with E-state index in [-0.39, 0.29) is 5.91 Å². The maximum Gasteiger partial charge on any atom is 0.271 e. The van der Waals surface area contributed by atoms with Gasteiger partial charge in [0, 0.05) is 5.56 Å². The maximum absolute atomic E-state index is 12.3. The summed E-state index contributed by atoms with van der Waals surface area (Å²) in [6.45, 7) is 8.58. The molecule has 3 rings (SSSR count). The van der Waals surface area contributed by atoms with Crippen LogP contribution in [0.4, 0.5) is 0 Å². The minimum absolute atomic E-state index is 0.274. The summed E-state index contributed by atoms with van der Waals surface area (Å²) < 4.78 is 11.3. The highest BCUT2D eigenvalue weighted by atomic mass is 16.5. The Kier molecular flexibility index (Phi) is 6.50. The van der Waals surface area contributed by atoms with E-state index in [1.54, 1.807) is 37.5 Å². The van der Waals surface area contributed by atoms with E-state index in [0.717, 1.165) is 11.3 Å². The predicted molar refractivity (Wildman–Crippen MR) is 114 cm³/mol. The van der Waals surface area contributed by atoms with Crippen LogP contribution < -0.4 is 10.2 Å². The Morgan fingerprint density at radius 1 is 1.14 bits per heavy atom. The molecule has 0 bridgehead atoms. The molecule has 150 valence electrons. The van der Waals surface area contributed by atoms with E-state index in [4.69, 9.17) is 9.15 Å². The molecule has 0 unspecified atom stereocenters. The molecule has 1 heterocycles. The molecule has 2 aromatic carbocycles. The Balaban J connectivity index is 1.61. The second kappa shape index (κ2) is 9.24. The van der Waals surface area contributed by atoms with Crippen LogP contribution in [0.15, 0.2) is 70.4 Å². The molecule has 0 atom stereocenters. The molecule has 0 spiro atoms. The predicted octanol–water partition coefficient (Wildman–Crippen LogP) is 5.44. The number of hydrogen-bond donors (Lipinski definition) is 1. The molecular formula is C24H26N2O3. The third-order valence-corrected chi connectivity index (χ3v) is 4.60. The zero-order valence-corrected chi connectivity index (χ0v) is 17.2. The smallest absolute Gasteiger partial charge is 0.271 e. The summed E-state index contributed by atoms with van der Waals surface area (Å²) in [6.07, 6.45) is 1.57. The number of aryl methyl sites for hydroxylation is 1. The molecule has 5 heteroatoms. The molecule has 0 aliphatic carbocycles. The van der Waals surface area contributed by atoms with Gasteiger partial charge in [0.25, 0.3) is 5.91 Å². The average Bonchev–Trinajstić information content (AvgIpc) is 3.25. The number of amides is 1. The Morgan fingerprint density at radius 3 is 2.55 bits per heavy atom. The van der Waals surface area contributed by atoms with Crippen molar-refractivity contribution in [3.63, 3.8) is 0 Å². The van der Waals surface area contributed by atoms with Crippen molar-refractivity contribution in [1.82, 2.24) is 5.43 Å². The second-order valence-corrected chi connectivity index (χ2v) is 7.30. The van der Waals surface area contributed by atoms with Gasteiger partial charge in [-0.05, 0) is 66.8 Å². The summed E-state index contributed by atoms with van der Waals surface area (Å²) in [5.41, 5.74) is 7.04. The fourth-order valence-corrected chi connectivity index (χ4v) is 2.90. The fourth-order valence-electron chi connectivity index (χ4n) is 2.90. The molecule has 3 aromatic rings. The summed E-state index contributed by atoms with van der Waals surface area (Å²) in [5.74, 6) is 1.64. The quantitative estimate of drug-likeness (QED) is 0.431. The highest BCUT2D eigenvalue weighted by Crippen LogP contribution is 2.28. The van der Waals surface area contributed by atoms with Crippen LogP contribution in [0.3, 0.4) is 0 Å². The van der Waals surface area contributed by atoms with E-state index in [1.807, 2.05) is 12.1 Å². The Bertz CT molecular complexity index is 987. The molecule has 1 aromatic heterocycles. The third-order valence-electron chi connectivity index (χ3n) is 4.60. The van der Waals surface area contributed by atoms with E-state index in [0.29, 0.717) is 29.6 Å². The first kappa shape index (κ1) is 20.4. The Labute approximate surface area is 171 Å². The summed E-state index contributed by atoms with van der Waals surface area (Å²) >= 11 is 0. The topological polar surface area (TPSA) is 63.8 Å². The largest absolute Gasteiger partial charge is 0.489 e. The monoisotopic (exact) mass is 390 g/mol. The first-order valence-corrected chi connectivity index (χ1v) is 9.65. The van der Waals surface area contributed by atoms with Crippen molar-refractivity contribution < 1.29 is 13.9 Å². The van der Waals surface area contributed by atoms with Crippen molar-refractivity contribution in [1.29, 1.82) is 0 Å². The minimum atomic E-state index is -0.274. The molecule has 0 saturated carbocycles. The van der Waals surface area contributed by atoms with E-state index >= 15 is 0 Å². The number of hydrogen-bond acceptors (Lipinski definition) is 4. The normalized spacial score (nSPS) is 11.6. The molecule has 0 fully saturated rings. The van der Waals surface area contributed by atoms with Gasteiger partial charge in [-0.3, -0.25) is 4.79 Å². The van der Waals surface area contributed by atoms with Crippen LogP contribution in [0.1, 0.15) is 59.5 Å². The van der Waals surface area contributed by atoms with Crippen molar-refractivity contribution in [3.8, 4) is 5.75 Å². The van der Waals surface area contributed by atoms with E-state index < -0.39 is 0 Å². The lowest BCUT2D eigenvalue weighted by atomic mass is 10.0. The van der Waals surface area contributed by atoms with E-state index in [2.05, 4.69) is 49.5 Å². The zero-order valence-electron chi connectivity index (χ0n) is 17.2. The van der Waals surface area contributed by atoms with Gasteiger partial charge >= 0.3 is 0 Å². The van der Waals surface area contributed by atoms with Crippen molar-refractivity contribution >= 4 is 11.6 Å². The molecule has 0 saturated heterocycles. The highest BCUT2D eigenvalue weighted by Gasteiger charge is 2.09. The van der Waals surface area contributed by atoms with Crippen LogP contribution in [0.25, 0.3) is 0 Å². The summed E-state index contributed by atoms with van der Waals surface area (Å²) in [4.78, 5) is 12.3. The number of nitrogens with zero attached hydrogens (tertiary/aromatic N) is 1. The molecule has 0 radical (unpaired) electrons. The number of carbonyl (C=O) groups excluding carboxylic acids is 1. The molecule has 29 heavy (non-hydrogen) atoms. The SMILES string of the molecule is CC(=NNC(=O)c1ccc(COc2cc(C)ccc2C(C)C)cc1)c1ccco1. The van der Waals surface area contributed by atoms with Gasteiger partial charge in [0.15, 0.2) is 0 Å². The van der Waals surface area contributed by atoms with Crippen molar-refractivity contribution in [2.75, 3.05) is 0 Å². The van der Waals surface area contributed by atoms with Crippen LogP contribution in [-0.4, -0.2) is 11.6 Å². The summed E-state index contributed by atoms with van der Waals surface area (Å²) in [5, 5.41) is 4.07. The molecule has 1 N–H and O–H groups in total. The lowest BCUT2D eigenvalue weighted by Crippen LogP contribution is -2.19. The van der Waals surface area contributed by atoms with Gasteiger partial charge in [-0.2, -0.15) is 5.10 Å². The molecule has 0 aliphatic heterocycles. The van der Waals surface area contributed by atoms with Crippen LogP contribution >= 0.6 is 0 Å². The number of rotatable bonds is 7. The van der Waals surface area contributed by atoms with Gasteiger partial charge in [-0.15, -0.1) is 0 Å². The molecule has 0 aliphatic rings. The second-order valence-electron chi connectivity index (χ2n) is 7.30. The van der Waals surface area contributed by atoms with Crippen molar-refractivity contribution in [2.24, 2.45) is 5.10 Å². The maximum atomic E-state index is 12.3. The van der Waals surface area contributed by atoms with Gasteiger partial charge in [0.05, 0.1) is 6.26 Å². The highest BCUT2D eigenvalue weighted by molar-refractivity contribution is 5.99. The van der Waals surface area contributed by atoms with Gasteiger partial charge < -0.3 is 9.15 Å². The van der Waals surface area contributed by atoms with Crippen molar-refractivity contribution in [2.45, 2.75) is 40.2 Å². The van der Waals surface area contributed by atoms with Gasteiger partial charge in [-0.25, -0.2) is 5.43 Å². The van der Waals surface area contributed by atoms with E-state index in [9.17, 15) is 4.79 Å². The lowest BCUT2D eigenvalue weighted by molar-refractivity contribution is 0.0954. The van der Waals surface area contributed by atoms with Crippen molar-refractivity contribution in [3.05, 3.63) is 88.9 Å². The Hall–Kier alpha value is -3.34. The number of furan rings is 1. The first-order chi connectivity index (χ1) is 13.9. The number of benzene rings is 2. The third kappa shape index (κ3) is 5.35. The summed E-state index contributed by atoms with van der Waals surface area (Å²) in [7, 11) is 0.